The van der Waals surface area contributed by atoms with Gasteiger partial charge < -0.3 is 14.2 Å². The van der Waals surface area contributed by atoms with E-state index in [1.54, 1.807) is 13.3 Å². The molecule has 0 aliphatic carbocycles. The molecule has 2 unspecified atom stereocenters. The average Bonchev–Trinajstić information content (AvgIpc) is 3.68. The van der Waals surface area contributed by atoms with Gasteiger partial charge in [0, 0.05) is 35.8 Å². The Hall–Kier alpha value is -4.00. The minimum absolute atomic E-state index is 0.00917. The van der Waals surface area contributed by atoms with Gasteiger partial charge in [0.05, 0.1) is 18.1 Å². The van der Waals surface area contributed by atoms with Crippen LogP contribution in [0.15, 0.2) is 85.2 Å². The van der Waals surface area contributed by atoms with Gasteiger partial charge in [-0.25, -0.2) is 0 Å². The van der Waals surface area contributed by atoms with E-state index in [-0.39, 0.29) is 12.3 Å². The molecule has 0 radical (unpaired) electrons. The van der Waals surface area contributed by atoms with Crippen molar-refractivity contribution in [2.45, 2.75) is 25.8 Å². The van der Waals surface area contributed by atoms with Crippen molar-refractivity contribution in [3.05, 3.63) is 102 Å². The highest BCUT2D eigenvalue weighted by atomic mass is 16.6. The first-order valence-electron chi connectivity index (χ1n) is 11.6. The number of methoxy groups -OCH3 is 1. The SMILES string of the molecule is COc1ccc2c(Oc3cccc(C4OC4NCc4ccnc5ccccc45)c3C)ccnc2c1. The second-order valence-electron chi connectivity index (χ2n) is 8.61. The number of epoxide rings is 1. The van der Waals surface area contributed by atoms with Crippen molar-refractivity contribution in [2.24, 2.45) is 0 Å². The first-order valence-corrected chi connectivity index (χ1v) is 11.6. The summed E-state index contributed by atoms with van der Waals surface area (Å²) in [4.78, 5) is 8.90. The van der Waals surface area contributed by atoms with Gasteiger partial charge in [-0.2, -0.15) is 0 Å². The Labute approximate surface area is 203 Å². The van der Waals surface area contributed by atoms with Gasteiger partial charge in [-0.15, -0.1) is 0 Å². The predicted molar refractivity (Wildman–Crippen MR) is 136 cm³/mol. The molecule has 2 atom stereocenters. The van der Waals surface area contributed by atoms with Gasteiger partial charge in [0.15, 0.2) is 0 Å². The number of nitrogens with one attached hydrogen (secondary N) is 1. The lowest BCUT2D eigenvalue weighted by Crippen LogP contribution is -2.18. The number of fused-ring (bicyclic) bond motifs is 2. The number of hydrogen-bond acceptors (Lipinski definition) is 6. The van der Waals surface area contributed by atoms with Crippen molar-refractivity contribution in [2.75, 3.05) is 7.11 Å². The van der Waals surface area contributed by atoms with Crippen molar-refractivity contribution < 1.29 is 14.2 Å². The van der Waals surface area contributed by atoms with Crippen LogP contribution in [0, 0.1) is 6.92 Å². The monoisotopic (exact) mass is 463 g/mol. The molecule has 0 spiro atoms. The molecule has 174 valence electrons. The van der Waals surface area contributed by atoms with E-state index in [9.17, 15) is 0 Å². The summed E-state index contributed by atoms with van der Waals surface area (Å²) in [6, 6.07) is 24.0. The molecule has 35 heavy (non-hydrogen) atoms. The maximum atomic E-state index is 6.36. The summed E-state index contributed by atoms with van der Waals surface area (Å²) in [6.45, 7) is 2.79. The van der Waals surface area contributed by atoms with E-state index in [4.69, 9.17) is 14.2 Å². The maximum absolute atomic E-state index is 6.36. The van der Waals surface area contributed by atoms with Gasteiger partial charge in [-0.3, -0.25) is 15.3 Å². The van der Waals surface area contributed by atoms with Crippen molar-refractivity contribution >= 4 is 21.8 Å². The van der Waals surface area contributed by atoms with Gasteiger partial charge in [0.1, 0.15) is 29.6 Å². The zero-order valence-electron chi connectivity index (χ0n) is 19.6. The second-order valence-corrected chi connectivity index (χ2v) is 8.61. The molecular weight excluding hydrogens is 438 g/mol. The van der Waals surface area contributed by atoms with Crippen LogP contribution in [0.5, 0.6) is 17.2 Å². The van der Waals surface area contributed by atoms with Crippen LogP contribution in [0.2, 0.25) is 0 Å². The average molecular weight is 464 g/mol. The molecule has 3 aromatic carbocycles. The lowest BCUT2D eigenvalue weighted by atomic mass is 10.0. The van der Waals surface area contributed by atoms with Crippen LogP contribution in [0.4, 0.5) is 0 Å². The standard InChI is InChI=1S/C29H25N3O3/c1-18-21(28-29(35-28)32-17-19-12-14-30-24-8-4-3-6-22(19)24)7-5-9-26(18)34-27-13-15-31-25-16-20(33-2)10-11-23(25)27/h3-16,28-29,32H,17H2,1-2H3. The van der Waals surface area contributed by atoms with Gasteiger partial charge in [0.25, 0.3) is 0 Å². The lowest BCUT2D eigenvalue weighted by Gasteiger charge is -2.13. The molecule has 1 fully saturated rings. The highest BCUT2D eigenvalue weighted by Crippen LogP contribution is 2.42. The fourth-order valence-electron chi connectivity index (χ4n) is 4.51. The van der Waals surface area contributed by atoms with Crippen molar-refractivity contribution in [3.63, 3.8) is 0 Å². The zero-order valence-corrected chi connectivity index (χ0v) is 19.6. The number of pyridine rings is 2. The first-order chi connectivity index (χ1) is 17.2. The Morgan fingerprint density at radius 2 is 1.71 bits per heavy atom. The number of benzene rings is 3. The summed E-state index contributed by atoms with van der Waals surface area (Å²) in [7, 11) is 1.65. The fourth-order valence-corrected chi connectivity index (χ4v) is 4.51. The van der Waals surface area contributed by atoms with E-state index in [1.807, 2.05) is 60.8 Å². The number of ether oxygens (including phenoxy) is 3. The van der Waals surface area contributed by atoms with E-state index in [2.05, 4.69) is 40.4 Å². The van der Waals surface area contributed by atoms with E-state index < -0.39 is 0 Å². The van der Waals surface area contributed by atoms with Crippen LogP contribution in [-0.2, 0) is 11.3 Å². The molecule has 6 nitrogen and oxygen atoms in total. The van der Waals surface area contributed by atoms with E-state index in [0.717, 1.165) is 50.2 Å². The molecule has 1 N–H and O–H groups in total. The fraction of sp³-hybridized carbons (Fsp3) is 0.172. The topological polar surface area (TPSA) is 68.8 Å². The van der Waals surface area contributed by atoms with Crippen LogP contribution in [0.3, 0.4) is 0 Å². The Balaban J connectivity index is 1.19. The highest BCUT2D eigenvalue weighted by molar-refractivity contribution is 5.86. The van der Waals surface area contributed by atoms with Gasteiger partial charge in [-0.05, 0) is 60.0 Å². The van der Waals surface area contributed by atoms with Gasteiger partial charge in [-0.1, -0.05) is 30.3 Å². The largest absolute Gasteiger partial charge is 0.497 e. The lowest BCUT2D eigenvalue weighted by molar-refractivity contribution is 0.345. The summed E-state index contributed by atoms with van der Waals surface area (Å²) >= 11 is 0. The quantitative estimate of drug-likeness (QED) is 0.295. The van der Waals surface area contributed by atoms with Crippen molar-refractivity contribution in [1.29, 1.82) is 0 Å². The molecule has 1 saturated heterocycles. The van der Waals surface area contributed by atoms with Crippen molar-refractivity contribution in [3.8, 4) is 17.2 Å². The molecule has 6 heteroatoms. The summed E-state index contributed by atoms with van der Waals surface area (Å²) in [5.74, 6) is 2.33. The van der Waals surface area contributed by atoms with Gasteiger partial charge in [0.2, 0.25) is 0 Å². The second kappa shape index (κ2) is 8.98. The molecule has 0 bridgehead atoms. The Kier molecular flexibility index (Phi) is 5.52. The molecular formula is C29H25N3O3. The Morgan fingerprint density at radius 3 is 2.63 bits per heavy atom. The third kappa shape index (κ3) is 4.18. The maximum Gasteiger partial charge on any atom is 0.140 e. The summed E-state index contributed by atoms with van der Waals surface area (Å²) < 4.78 is 17.7. The molecule has 3 heterocycles. The third-order valence-corrected chi connectivity index (χ3v) is 6.49. The highest BCUT2D eigenvalue weighted by Gasteiger charge is 2.41. The summed E-state index contributed by atoms with van der Waals surface area (Å²) in [5, 5.41) is 5.63. The van der Waals surface area contributed by atoms with E-state index in [0.29, 0.717) is 6.54 Å². The van der Waals surface area contributed by atoms with Gasteiger partial charge >= 0.3 is 0 Å². The normalized spacial score (nSPS) is 17.0. The number of nitrogens with zero attached hydrogens (tertiary/aromatic N) is 2. The molecule has 6 rings (SSSR count). The number of rotatable bonds is 7. The number of hydrogen-bond donors (Lipinski definition) is 1. The van der Waals surface area contributed by atoms with Crippen LogP contribution >= 0.6 is 0 Å². The Bertz CT molecular complexity index is 1530. The minimum Gasteiger partial charge on any atom is -0.497 e. The minimum atomic E-state index is -0.0369. The summed E-state index contributed by atoms with van der Waals surface area (Å²) in [6.07, 6.45) is 3.56. The molecule has 1 aliphatic heterocycles. The van der Waals surface area contributed by atoms with Crippen LogP contribution in [0.25, 0.3) is 21.8 Å². The molecule has 5 aromatic rings. The molecule has 1 aliphatic rings. The molecule has 2 aromatic heterocycles. The number of aromatic nitrogens is 2. The first kappa shape index (κ1) is 21.5. The summed E-state index contributed by atoms with van der Waals surface area (Å²) in [5.41, 5.74) is 5.23. The van der Waals surface area contributed by atoms with Crippen molar-refractivity contribution in [1.82, 2.24) is 15.3 Å². The number of para-hydroxylation sites is 1. The van der Waals surface area contributed by atoms with Crippen LogP contribution in [0.1, 0.15) is 22.8 Å². The molecule has 0 saturated carbocycles. The third-order valence-electron chi connectivity index (χ3n) is 6.49. The zero-order chi connectivity index (χ0) is 23.8. The van der Waals surface area contributed by atoms with E-state index in [1.165, 1.54) is 5.56 Å². The van der Waals surface area contributed by atoms with Crippen LogP contribution in [-0.4, -0.2) is 23.3 Å². The van der Waals surface area contributed by atoms with Crippen LogP contribution < -0.4 is 14.8 Å². The predicted octanol–water partition coefficient (Wildman–Crippen LogP) is 6.08. The smallest absolute Gasteiger partial charge is 0.140 e. The van der Waals surface area contributed by atoms with E-state index >= 15 is 0 Å². The molecule has 0 amide bonds. The Morgan fingerprint density at radius 1 is 0.857 bits per heavy atom.